The minimum atomic E-state index is -3.88. The van der Waals surface area contributed by atoms with Gasteiger partial charge in [-0.2, -0.15) is 4.31 Å². The van der Waals surface area contributed by atoms with Gasteiger partial charge >= 0.3 is 5.97 Å². The van der Waals surface area contributed by atoms with E-state index in [0.717, 1.165) is 30.5 Å². The van der Waals surface area contributed by atoms with Crippen molar-refractivity contribution in [3.63, 3.8) is 0 Å². The Hall–Kier alpha value is -2.81. The molecule has 4 rings (SSSR count). The van der Waals surface area contributed by atoms with Crippen molar-refractivity contribution < 1.29 is 32.2 Å². The maximum absolute atomic E-state index is 14.0. The maximum atomic E-state index is 14.0. The lowest BCUT2D eigenvalue weighted by Gasteiger charge is -2.26. The van der Waals surface area contributed by atoms with Crippen LogP contribution in [-0.2, 0) is 35.4 Å². The molecular weight excluding hydrogens is 695 g/mol. The SMILES string of the molecule is COC(=O)CC(CS(=O)(=O)N(COCC[Si](C)(C)C)COCC[Si](C)(C)C)c1ccc(O[C@@H]2CCc3c(-c4c(C)cccc4C)cccc32)cc1. The third-order valence-corrected chi connectivity index (χ3v) is 14.7. The average molecular weight is 754 g/mol. The standard InChI is InChI=1S/C40H59NO7SSi2/c1-30-12-10-13-31(2)40(30)37-15-11-14-36-35(37)20-21-38(36)48-34-18-16-32(17-19-34)33(26-39(42)45-3)27-49(43,44)41(28-46-22-24-50(4,5)6)29-47-23-25-51(7,8)9/h10-19,33,38H,20-29H2,1-9H3/t33?,38-/m1/s1. The molecular formula is C40H59NO7SSi2. The second kappa shape index (κ2) is 17.8. The topological polar surface area (TPSA) is 91.4 Å². The third kappa shape index (κ3) is 12.1. The molecule has 0 saturated carbocycles. The highest BCUT2D eigenvalue weighted by Crippen LogP contribution is 2.42. The van der Waals surface area contributed by atoms with Gasteiger partial charge < -0.3 is 18.9 Å². The van der Waals surface area contributed by atoms with Gasteiger partial charge in [-0.15, -0.1) is 0 Å². The van der Waals surface area contributed by atoms with Gasteiger partial charge in [0.15, 0.2) is 0 Å². The fraction of sp³-hybridized carbons (Fsp3) is 0.525. The van der Waals surface area contributed by atoms with Gasteiger partial charge in [0, 0.05) is 35.3 Å². The predicted octanol–water partition coefficient (Wildman–Crippen LogP) is 8.94. The molecule has 0 saturated heterocycles. The number of rotatable bonds is 19. The van der Waals surface area contributed by atoms with E-state index < -0.39 is 38.1 Å². The molecule has 0 aliphatic heterocycles. The summed E-state index contributed by atoms with van der Waals surface area (Å²) in [6.07, 6.45) is 1.64. The molecule has 0 heterocycles. The number of hydrogen-bond donors (Lipinski definition) is 0. The van der Waals surface area contributed by atoms with Crippen LogP contribution in [0.5, 0.6) is 5.75 Å². The smallest absolute Gasteiger partial charge is 0.306 e. The molecule has 8 nitrogen and oxygen atoms in total. The van der Waals surface area contributed by atoms with Gasteiger partial charge in [0.25, 0.3) is 0 Å². The molecule has 0 radical (unpaired) electrons. The Morgan fingerprint density at radius 2 is 1.41 bits per heavy atom. The zero-order valence-electron chi connectivity index (χ0n) is 32.2. The first-order valence-electron chi connectivity index (χ1n) is 18.1. The molecule has 0 N–H and O–H groups in total. The predicted molar refractivity (Wildman–Crippen MR) is 212 cm³/mol. The fourth-order valence-electron chi connectivity index (χ4n) is 6.40. The van der Waals surface area contributed by atoms with Crippen molar-refractivity contribution in [1.82, 2.24) is 4.31 Å². The summed E-state index contributed by atoms with van der Waals surface area (Å²) in [5.74, 6) is -0.687. The van der Waals surface area contributed by atoms with Gasteiger partial charge in [0.05, 0.1) is 19.3 Å². The van der Waals surface area contributed by atoms with Crippen LogP contribution in [0, 0.1) is 13.8 Å². The lowest BCUT2D eigenvalue weighted by atomic mass is 9.91. The van der Waals surface area contributed by atoms with Crippen LogP contribution in [0.1, 0.15) is 52.7 Å². The highest BCUT2D eigenvalue weighted by atomic mass is 32.2. The van der Waals surface area contributed by atoms with Gasteiger partial charge in [0.1, 0.15) is 25.3 Å². The lowest BCUT2D eigenvalue weighted by Crippen LogP contribution is -2.39. The minimum Gasteiger partial charge on any atom is -0.486 e. The van der Waals surface area contributed by atoms with Crippen LogP contribution in [0.3, 0.4) is 0 Å². The number of carbonyl (C=O) groups excluding carboxylic acids is 1. The number of ether oxygens (including phenoxy) is 4. The molecule has 3 aromatic carbocycles. The summed E-state index contributed by atoms with van der Waals surface area (Å²) < 4.78 is 52.5. The summed E-state index contributed by atoms with van der Waals surface area (Å²) >= 11 is 0. The number of benzene rings is 3. The number of aryl methyl sites for hydroxylation is 2. The van der Waals surface area contributed by atoms with Crippen molar-refractivity contribution in [1.29, 1.82) is 0 Å². The molecule has 0 spiro atoms. The van der Waals surface area contributed by atoms with Crippen LogP contribution in [0.15, 0.2) is 60.7 Å². The molecule has 0 bridgehead atoms. The molecule has 1 aliphatic carbocycles. The van der Waals surface area contributed by atoms with Crippen LogP contribution < -0.4 is 4.74 Å². The van der Waals surface area contributed by atoms with Crippen LogP contribution in [0.25, 0.3) is 11.1 Å². The van der Waals surface area contributed by atoms with Gasteiger partial charge in [0.2, 0.25) is 10.0 Å². The molecule has 0 amide bonds. The van der Waals surface area contributed by atoms with Gasteiger partial charge in [-0.05, 0) is 89.9 Å². The van der Waals surface area contributed by atoms with E-state index in [1.165, 1.54) is 44.8 Å². The van der Waals surface area contributed by atoms with Crippen molar-refractivity contribution in [3.8, 4) is 16.9 Å². The Bertz CT molecular complexity index is 1670. The first-order chi connectivity index (χ1) is 24.0. The van der Waals surface area contributed by atoms with Crippen LogP contribution in [0.2, 0.25) is 51.4 Å². The molecule has 2 atom stereocenters. The normalized spacial score (nSPS) is 15.5. The molecule has 1 unspecified atom stereocenters. The highest BCUT2D eigenvalue weighted by Gasteiger charge is 2.31. The zero-order chi connectivity index (χ0) is 37.4. The van der Waals surface area contributed by atoms with E-state index in [9.17, 15) is 13.2 Å². The summed E-state index contributed by atoms with van der Waals surface area (Å²) in [4.78, 5) is 12.5. The van der Waals surface area contributed by atoms with E-state index in [-0.39, 0.29) is 31.7 Å². The highest BCUT2D eigenvalue weighted by molar-refractivity contribution is 7.89. The van der Waals surface area contributed by atoms with E-state index in [4.69, 9.17) is 18.9 Å². The van der Waals surface area contributed by atoms with Crippen LogP contribution in [0.4, 0.5) is 0 Å². The maximum Gasteiger partial charge on any atom is 0.306 e. The quantitative estimate of drug-likeness (QED) is 0.0523. The molecule has 1 aliphatic rings. The van der Waals surface area contributed by atoms with Crippen molar-refractivity contribution in [2.45, 2.75) is 96.5 Å². The Labute approximate surface area is 308 Å². The molecule has 0 fully saturated rings. The van der Waals surface area contributed by atoms with E-state index in [0.29, 0.717) is 19.0 Å². The Kier molecular flexibility index (Phi) is 14.3. The summed E-state index contributed by atoms with van der Waals surface area (Å²) in [5.41, 5.74) is 8.35. The largest absolute Gasteiger partial charge is 0.486 e. The summed E-state index contributed by atoms with van der Waals surface area (Å²) in [6.45, 7) is 18.7. The van der Waals surface area contributed by atoms with Crippen molar-refractivity contribution in [2.75, 3.05) is 39.5 Å². The number of carbonyl (C=O) groups is 1. The van der Waals surface area contributed by atoms with Gasteiger partial charge in [-0.3, -0.25) is 4.79 Å². The van der Waals surface area contributed by atoms with Gasteiger partial charge in [-0.25, -0.2) is 8.42 Å². The number of hydrogen-bond acceptors (Lipinski definition) is 7. The first-order valence-corrected chi connectivity index (χ1v) is 27.1. The minimum absolute atomic E-state index is 0.0756. The van der Waals surface area contributed by atoms with E-state index in [1.807, 2.05) is 24.3 Å². The van der Waals surface area contributed by atoms with Crippen molar-refractivity contribution in [3.05, 3.63) is 88.5 Å². The zero-order valence-corrected chi connectivity index (χ0v) is 35.0. The summed E-state index contributed by atoms with van der Waals surface area (Å²) in [5, 5.41) is 0. The summed E-state index contributed by atoms with van der Waals surface area (Å²) in [6, 6.07) is 22.2. The van der Waals surface area contributed by atoms with E-state index >= 15 is 0 Å². The molecule has 280 valence electrons. The third-order valence-electron chi connectivity index (χ3n) is 9.51. The molecule has 3 aromatic rings. The van der Waals surface area contributed by atoms with Crippen molar-refractivity contribution in [2.24, 2.45) is 0 Å². The average Bonchev–Trinajstić information content (AvgIpc) is 3.46. The molecule has 11 heteroatoms. The Balaban J connectivity index is 1.50. The fourth-order valence-corrected chi connectivity index (χ4v) is 9.41. The molecule has 51 heavy (non-hydrogen) atoms. The second-order valence-corrected chi connectivity index (χ2v) is 29.5. The number of esters is 1. The number of fused-ring (bicyclic) bond motifs is 1. The summed E-state index contributed by atoms with van der Waals surface area (Å²) in [7, 11) is -5.28. The Morgan fingerprint density at radius 1 is 0.843 bits per heavy atom. The van der Waals surface area contributed by atoms with E-state index in [1.54, 1.807) is 0 Å². The first kappa shape index (κ1) is 41.0. The monoisotopic (exact) mass is 753 g/mol. The number of nitrogens with zero attached hydrogens (tertiary/aromatic N) is 1. The van der Waals surface area contributed by atoms with Crippen molar-refractivity contribution >= 4 is 32.1 Å². The van der Waals surface area contributed by atoms with E-state index in [2.05, 4.69) is 89.5 Å². The second-order valence-electron chi connectivity index (χ2n) is 16.3. The Morgan fingerprint density at radius 3 is 1.96 bits per heavy atom. The van der Waals surface area contributed by atoms with Crippen LogP contribution >= 0.6 is 0 Å². The van der Waals surface area contributed by atoms with Gasteiger partial charge in [-0.1, -0.05) is 87.8 Å². The lowest BCUT2D eigenvalue weighted by molar-refractivity contribution is -0.140. The molecule has 0 aromatic heterocycles. The van der Waals surface area contributed by atoms with Crippen LogP contribution in [-0.4, -0.2) is 74.4 Å². The number of methoxy groups -OCH3 is 1. The number of sulfonamides is 1.